The smallest absolute Gasteiger partial charge is 0.138 e. The molecular weight excluding hydrogens is 100 g/mol. The Morgan fingerprint density at radius 1 is 1.38 bits per heavy atom. The lowest BCUT2D eigenvalue weighted by Crippen LogP contribution is -2.01. The van der Waals surface area contributed by atoms with Gasteiger partial charge in [-0.1, -0.05) is 20.8 Å². The summed E-state index contributed by atoms with van der Waals surface area (Å²) in [6.45, 7) is 6.31. The third kappa shape index (κ3) is 5.54. The summed E-state index contributed by atoms with van der Waals surface area (Å²) in [7, 11) is 0. The lowest BCUT2D eigenvalue weighted by atomic mass is 9.93. The quantitative estimate of drug-likeness (QED) is 0.465. The normalized spacial score (nSPS) is 12.9. The molecule has 1 radical (unpaired) electrons. The predicted octanol–water partition coefficient (Wildman–Crippen LogP) is 2.37. The highest BCUT2D eigenvalue weighted by atomic mass is 16.2. The van der Waals surface area contributed by atoms with Crippen molar-refractivity contribution in [1.82, 2.24) is 0 Å². The van der Waals surface area contributed by atoms with Crippen LogP contribution in [0.1, 0.15) is 27.2 Å². The first kappa shape index (κ1) is 7.54. The zero-order valence-corrected chi connectivity index (χ0v) is 5.77. The van der Waals surface area contributed by atoms with E-state index in [2.05, 4.69) is 20.8 Å². The molecule has 1 nitrogen and oxygen atoms in total. The standard InChI is InChI=1S/C7H13O/c1-7(2,3)5-4-6-8/h4,6H,5H2,1-3H3/b6-4+. The molecule has 0 fully saturated rings. The molecule has 8 heavy (non-hydrogen) atoms. The van der Waals surface area contributed by atoms with E-state index in [4.69, 9.17) is 0 Å². The molecule has 47 valence electrons. The lowest BCUT2D eigenvalue weighted by Gasteiger charge is -2.13. The molecule has 0 N–H and O–H groups in total. The van der Waals surface area contributed by atoms with Crippen LogP contribution in [0.15, 0.2) is 12.3 Å². The summed E-state index contributed by atoms with van der Waals surface area (Å²) in [4.78, 5) is 0. The monoisotopic (exact) mass is 113 g/mol. The van der Waals surface area contributed by atoms with E-state index in [1.165, 1.54) is 0 Å². The van der Waals surface area contributed by atoms with Crippen molar-refractivity contribution in [1.29, 1.82) is 0 Å². The van der Waals surface area contributed by atoms with Crippen molar-refractivity contribution in [2.45, 2.75) is 27.2 Å². The van der Waals surface area contributed by atoms with Gasteiger partial charge in [0.05, 0.1) is 0 Å². The van der Waals surface area contributed by atoms with Gasteiger partial charge < -0.3 is 0 Å². The van der Waals surface area contributed by atoms with Crippen LogP contribution in [0.2, 0.25) is 0 Å². The molecule has 1 heteroatoms. The van der Waals surface area contributed by atoms with Gasteiger partial charge in [-0.05, 0) is 17.9 Å². The van der Waals surface area contributed by atoms with E-state index in [1.54, 1.807) is 6.08 Å². The summed E-state index contributed by atoms with van der Waals surface area (Å²) in [5.74, 6) is 0. The maximum atomic E-state index is 9.80. The molecule has 0 unspecified atom stereocenters. The van der Waals surface area contributed by atoms with Crippen LogP contribution in [0.4, 0.5) is 0 Å². The largest absolute Gasteiger partial charge is 0.299 e. The minimum Gasteiger partial charge on any atom is -0.299 e. The Morgan fingerprint density at radius 2 is 1.88 bits per heavy atom. The molecular formula is C7H13O. The zero-order chi connectivity index (χ0) is 6.62. The van der Waals surface area contributed by atoms with E-state index >= 15 is 0 Å². The average Bonchev–Trinajstić information content (AvgIpc) is 1.59. The van der Waals surface area contributed by atoms with E-state index < -0.39 is 0 Å². The van der Waals surface area contributed by atoms with Gasteiger partial charge >= 0.3 is 0 Å². The molecule has 0 amide bonds. The second-order valence-electron chi connectivity index (χ2n) is 3.14. The molecule has 0 saturated carbocycles. The molecule has 0 atom stereocenters. The molecule has 0 aliphatic heterocycles. The number of allylic oxidation sites excluding steroid dienone is 1. The Morgan fingerprint density at radius 3 is 2.00 bits per heavy atom. The van der Waals surface area contributed by atoms with Gasteiger partial charge in [-0.25, -0.2) is 0 Å². The Labute approximate surface area is 51.0 Å². The molecule has 0 aliphatic rings. The molecule has 0 aromatic carbocycles. The third-order valence-electron chi connectivity index (χ3n) is 0.826. The van der Waals surface area contributed by atoms with E-state index in [0.29, 0.717) is 0 Å². The highest BCUT2D eigenvalue weighted by molar-refractivity contribution is 4.78. The van der Waals surface area contributed by atoms with Crippen molar-refractivity contribution < 1.29 is 5.11 Å². The van der Waals surface area contributed by atoms with Crippen molar-refractivity contribution >= 4 is 0 Å². The number of rotatable bonds is 1. The van der Waals surface area contributed by atoms with Gasteiger partial charge in [0.1, 0.15) is 6.26 Å². The van der Waals surface area contributed by atoms with Crippen molar-refractivity contribution in [2.75, 3.05) is 0 Å². The molecule has 0 bridgehead atoms. The van der Waals surface area contributed by atoms with E-state index in [1.807, 2.05) is 0 Å². The van der Waals surface area contributed by atoms with Crippen molar-refractivity contribution in [3.63, 3.8) is 0 Å². The van der Waals surface area contributed by atoms with Crippen LogP contribution in [0, 0.1) is 5.41 Å². The SMILES string of the molecule is CC(C)(C)C/C=C/[O]. The Kier molecular flexibility index (Phi) is 2.59. The van der Waals surface area contributed by atoms with E-state index in [-0.39, 0.29) is 5.41 Å². The topological polar surface area (TPSA) is 19.9 Å². The second kappa shape index (κ2) is 2.75. The summed E-state index contributed by atoms with van der Waals surface area (Å²) >= 11 is 0. The van der Waals surface area contributed by atoms with Gasteiger partial charge in [-0.2, -0.15) is 0 Å². The summed E-state index contributed by atoms with van der Waals surface area (Å²) in [6, 6.07) is 0. The molecule has 0 saturated heterocycles. The van der Waals surface area contributed by atoms with Crippen molar-refractivity contribution in [3.05, 3.63) is 12.3 Å². The minimum atomic E-state index is 0.265. The molecule has 0 rings (SSSR count). The van der Waals surface area contributed by atoms with Crippen LogP contribution >= 0.6 is 0 Å². The number of hydrogen-bond acceptors (Lipinski definition) is 0. The summed E-state index contributed by atoms with van der Waals surface area (Å²) in [6.07, 6.45) is 3.38. The highest BCUT2D eigenvalue weighted by Gasteiger charge is 2.05. The maximum absolute atomic E-state index is 9.80. The first-order valence-corrected chi connectivity index (χ1v) is 2.83. The fourth-order valence-electron chi connectivity index (χ4n) is 0.402. The molecule has 0 aromatic heterocycles. The Bertz CT molecular complexity index is 76.9. The fraction of sp³-hybridized carbons (Fsp3) is 0.714. The Hall–Kier alpha value is -0.460. The summed E-state index contributed by atoms with van der Waals surface area (Å²) in [5.41, 5.74) is 0.265. The first-order valence-electron chi connectivity index (χ1n) is 2.83. The maximum Gasteiger partial charge on any atom is 0.138 e. The average molecular weight is 113 g/mol. The minimum absolute atomic E-state index is 0.265. The Balaban J connectivity index is 3.39. The fourth-order valence-corrected chi connectivity index (χ4v) is 0.402. The second-order valence-corrected chi connectivity index (χ2v) is 3.14. The van der Waals surface area contributed by atoms with Crippen molar-refractivity contribution in [2.24, 2.45) is 5.41 Å². The van der Waals surface area contributed by atoms with E-state index in [0.717, 1.165) is 12.7 Å². The molecule has 0 aliphatic carbocycles. The van der Waals surface area contributed by atoms with Gasteiger partial charge in [-0.15, -0.1) is 0 Å². The summed E-state index contributed by atoms with van der Waals surface area (Å²) < 4.78 is 0. The number of hydrogen-bond donors (Lipinski definition) is 0. The van der Waals surface area contributed by atoms with Crippen LogP contribution in [-0.4, -0.2) is 0 Å². The van der Waals surface area contributed by atoms with Gasteiger partial charge in [0.25, 0.3) is 0 Å². The summed E-state index contributed by atoms with van der Waals surface area (Å²) in [5, 5.41) is 9.80. The van der Waals surface area contributed by atoms with Crippen molar-refractivity contribution in [3.8, 4) is 0 Å². The zero-order valence-electron chi connectivity index (χ0n) is 5.77. The van der Waals surface area contributed by atoms with E-state index in [9.17, 15) is 5.11 Å². The highest BCUT2D eigenvalue weighted by Crippen LogP contribution is 2.18. The molecule has 0 aromatic rings. The van der Waals surface area contributed by atoms with Gasteiger partial charge in [0, 0.05) is 0 Å². The third-order valence-corrected chi connectivity index (χ3v) is 0.826. The van der Waals surface area contributed by atoms with Crippen LogP contribution in [0.5, 0.6) is 0 Å². The van der Waals surface area contributed by atoms with Crippen LogP contribution < -0.4 is 0 Å². The van der Waals surface area contributed by atoms with Gasteiger partial charge in [0.15, 0.2) is 0 Å². The van der Waals surface area contributed by atoms with Crippen LogP contribution in [-0.2, 0) is 5.11 Å². The van der Waals surface area contributed by atoms with Gasteiger partial charge in [-0.3, -0.25) is 5.11 Å². The van der Waals surface area contributed by atoms with Crippen LogP contribution in [0.25, 0.3) is 0 Å². The molecule has 0 heterocycles. The van der Waals surface area contributed by atoms with Crippen LogP contribution in [0.3, 0.4) is 0 Å². The lowest BCUT2D eigenvalue weighted by molar-refractivity contribution is 0.341. The predicted molar refractivity (Wildman–Crippen MR) is 33.9 cm³/mol. The first-order chi connectivity index (χ1) is 3.56. The van der Waals surface area contributed by atoms with Gasteiger partial charge in [0.2, 0.25) is 0 Å². The molecule has 0 spiro atoms.